The summed E-state index contributed by atoms with van der Waals surface area (Å²) in [4.78, 5) is 12.4. The van der Waals surface area contributed by atoms with Gasteiger partial charge in [0.05, 0.1) is 12.3 Å². The van der Waals surface area contributed by atoms with Crippen LogP contribution in [0.15, 0.2) is 36.5 Å². The molecule has 1 aromatic carbocycles. The molecule has 24 heavy (non-hydrogen) atoms. The van der Waals surface area contributed by atoms with E-state index in [0.717, 1.165) is 49.9 Å². The second kappa shape index (κ2) is 6.61. The van der Waals surface area contributed by atoms with Crippen LogP contribution in [0.3, 0.4) is 0 Å². The molecule has 1 atom stereocenters. The highest BCUT2D eigenvalue weighted by atomic mass is 16.5. The number of nitrogens with one attached hydrogen (secondary N) is 2. The van der Waals surface area contributed by atoms with Gasteiger partial charge in [0, 0.05) is 42.2 Å². The van der Waals surface area contributed by atoms with Crippen LogP contribution in [0.4, 0.5) is 5.82 Å². The quantitative estimate of drug-likeness (QED) is 0.755. The highest BCUT2D eigenvalue weighted by Gasteiger charge is 2.20. The topological polar surface area (TPSA) is 62.8 Å². The summed E-state index contributed by atoms with van der Waals surface area (Å²) >= 11 is 0. The fourth-order valence-corrected chi connectivity index (χ4v) is 3.32. The number of anilines is 1. The zero-order valence-corrected chi connectivity index (χ0v) is 13.9. The molecule has 5 nitrogen and oxygen atoms in total. The standard InChI is InChI=1S/C19H22N4O/c1-13-22-18(15-7-9-24-12-15)10-19(23-13)20-8-6-14-11-21-17-5-3-2-4-16(14)17/h2-5,10-11,15,21H,6-9,12H2,1H3,(H,20,22,23)/t15-/m1/s1. The van der Waals surface area contributed by atoms with Crippen molar-refractivity contribution >= 4 is 16.7 Å². The molecule has 0 saturated carbocycles. The zero-order valence-electron chi connectivity index (χ0n) is 13.9. The van der Waals surface area contributed by atoms with Gasteiger partial charge in [0.15, 0.2) is 0 Å². The minimum absolute atomic E-state index is 0.404. The van der Waals surface area contributed by atoms with Gasteiger partial charge in [-0.15, -0.1) is 0 Å². The number of ether oxygens (including phenoxy) is 1. The molecule has 1 fully saturated rings. The maximum absolute atomic E-state index is 5.48. The average Bonchev–Trinajstić information content (AvgIpc) is 3.24. The van der Waals surface area contributed by atoms with Gasteiger partial charge in [-0.3, -0.25) is 0 Å². The maximum atomic E-state index is 5.48. The van der Waals surface area contributed by atoms with E-state index in [4.69, 9.17) is 4.74 Å². The van der Waals surface area contributed by atoms with Gasteiger partial charge in [0.1, 0.15) is 11.6 Å². The number of para-hydroxylation sites is 1. The van der Waals surface area contributed by atoms with Crippen LogP contribution in [-0.4, -0.2) is 34.7 Å². The Balaban J connectivity index is 1.44. The second-order valence-electron chi connectivity index (χ2n) is 6.32. The van der Waals surface area contributed by atoms with E-state index >= 15 is 0 Å². The summed E-state index contributed by atoms with van der Waals surface area (Å²) in [5.41, 5.74) is 3.61. The van der Waals surface area contributed by atoms with E-state index in [2.05, 4.69) is 56.8 Å². The Morgan fingerprint density at radius 1 is 1.29 bits per heavy atom. The molecule has 0 bridgehead atoms. The van der Waals surface area contributed by atoms with Gasteiger partial charge in [-0.2, -0.15) is 0 Å². The fourth-order valence-electron chi connectivity index (χ4n) is 3.32. The number of hydrogen-bond donors (Lipinski definition) is 2. The SMILES string of the molecule is Cc1nc(NCCc2c[nH]c3ccccc23)cc([C@@H]2CCOC2)n1. The van der Waals surface area contributed by atoms with Crippen molar-refractivity contribution in [3.63, 3.8) is 0 Å². The van der Waals surface area contributed by atoms with Crippen molar-refractivity contribution in [2.75, 3.05) is 25.1 Å². The molecule has 2 N–H and O–H groups in total. The predicted molar refractivity (Wildman–Crippen MR) is 95.4 cm³/mol. The minimum Gasteiger partial charge on any atom is -0.381 e. The summed E-state index contributed by atoms with van der Waals surface area (Å²) < 4.78 is 5.48. The molecule has 3 heterocycles. The lowest BCUT2D eigenvalue weighted by Crippen LogP contribution is -2.10. The lowest BCUT2D eigenvalue weighted by atomic mass is 10.0. The van der Waals surface area contributed by atoms with E-state index in [1.54, 1.807) is 0 Å². The molecule has 0 amide bonds. The molecular weight excluding hydrogens is 300 g/mol. The van der Waals surface area contributed by atoms with Crippen molar-refractivity contribution in [3.8, 4) is 0 Å². The molecule has 124 valence electrons. The van der Waals surface area contributed by atoms with Gasteiger partial charge in [-0.1, -0.05) is 18.2 Å². The predicted octanol–water partition coefficient (Wildman–Crippen LogP) is 3.42. The van der Waals surface area contributed by atoms with Crippen LogP contribution in [0.5, 0.6) is 0 Å². The first kappa shape index (κ1) is 15.1. The monoisotopic (exact) mass is 322 g/mol. The summed E-state index contributed by atoms with van der Waals surface area (Å²) in [6.45, 7) is 4.39. The fraction of sp³-hybridized carbons (Fsp3) is 0.368. The third-order valence-electron chi connectivity index (χ3n) is 4.58. The highest BCUT2D eigenvalue weighted by molar-refractivity contribution is 5.83. The van der Waals surface area contributed by atoms with E-state index in [0.29, 0.717) is 5.92 Å². The Hall–Kier alpha value is -2.40. The van der Waals surface area contributed by atoms with Crippen molar-refractivity contribution in [2.45, 2.75) is 25.7 Å². The van der Waals surface area contributed by atoms with Crippen molar-refractivity contribution in [1.29, 1.82) is 0 Å². The first-order valence-electron chi connectivity index (χ1n) is 8.52. The molecule has 5 heteroatoms. The lowest BCUT2D eigenvalue weighted by Gasteiger charge is -2.11. The third kappa shape index (κ3) is 3.12. The summed E-state index contributed by atoms with van der Waals surface area (Å²) in [6, 6.07) is 10.5. The van der Waals surface area contributed by atoms with Crippen molar-refractivity contribution in [3.05, 3.63) is 53.6 Å². The van der Waals surface area contributed by atoms with E-state index in [-0.39, 0.29) is 0 Å². The van der Waals surface area contributed by atoms with Crippen LogP contribution in [0.2, 0.25) is 0 Å². The van der Waals surface area contributed by atoms with Crippen molar-refractivity contribution in [1.82, 2.24) is 15.0 Å². The molecule has 0 radical (unpaired) electrons. The molecule has 3 aromatic rings. The molecular formula is C19H22N4O. The highest BCUT2D eigenvalue weighted by Crippen LogP contribution is 2.25. The number of H-pyrrole nitrogens is 1. The minimum atomic E-state index is 0.404. The Morgan fingerprint density at radius 3 is 3.08 bits per heavy atom. The van der Waals surface area contributed by atoms with Crippen LogP contribution in [-0.2, 0) is 11.2 Å². The number of aromatic amines is 1. The normalized spacial score (nSPS) is 17.5. The van der Waals surface area contributed by atoms with E-state index < -0.39 is 0 Å². The molecule has 2 aromatic heterocycles. The molecule has 1 saturated heterocycles. The molecule has 1 aliphatic rings. The van der Waals surface area contributed by atoms with Crippen LogP contribution in [0, 0.1) is 6.92 Å². The Morgan fingerprint density at radius 2 is 2.21 bits per heavy atom. The molecule has 0 unspecified atom stereocenters. The van der Waals surface area contributed by atoms with Gasteiger partial charge in [0.2, 0.25) is 0 Å². The maximum Gasteiger partial charge on any atom is 0.129 e. The number of rotatable bonds is 5. The smallest absolute Gasteiger partial charge is 0.129 e. The number of nitrogens with zero attached hydrogens (tertiary/aromatic N) is 2. The lowest BCUT2D eigenvalue weighted by molar-refractivity contribution is 0.193. The van der Waals surface area contributed by atoms with Gasteiger partial charge >= 0.3 is 0 Å². The first-order valence-corrected chi connectivity index (χ1v) is 8.52. The molecule has 0 spiro atoms. The van der Waals surface area contributed by atoms with Crippen LogP contribution in [0.1, 0.15) is 29.4 Å². The average molecular weight is 322 g/mol. The van der Waals surface area contributed by atoms with Gasteiger partial charge < -0.3 is 15.0 Å². The van der Waals surface area contributed by atoms with E-state index in [1.807, 2.05) is 6.92 Å². The van der Waals surface area contributed by atoms with Crippen LogP contribution < -0.4 is 5.32 Å². The molecule has 4 rings (SSSR count). The Labute approximate surface area is 141 Å². The summed E-state index contributed by atoms with van der Waals surface area (Å²) in [5.74, 6) is 2.12. The first-order chi connectivity index (χ1) is 11.8. The van der Waals surface area contributed by atoms with E-state index in [1.165, 1.54) is 16.5 Å². The van der Waals surface area contributed by atoms with Gasteiger partial charge in [-0.25, -0.2) is 9.97 Å². The number of fused-ring (bicyclic) bond motifs is 1. The molecule has 0 aliphatic carbocycles. The molecule has 1 aliphatic heterocycles. The van der Waals surface area contributed by atoms with E-state index in [9.17, 15) is 0 Å². The van der Waals surface area contributed by atoms with Gasteiger partial charge in [-0.05, 0) is 31.4 Å². The summed E-state index contributed by atoms with van der Waals surface area (Å²) in [7, 11) is 0. The van der Waals surface area contributed by atoms with Crippen LogP contribution >= 0.6 is 0 Å². The zero-order chi connectivity index (χ0) is 16.4. The van der Waals surface area contributed by atoms with Crippen molar-refractivity contribution < 1.29 is 4.74 Å². The number of hydrogen-bond acceptors (Lipinski definition) is 4. The Bertz CT molecular complexity index is 836. The van der Waals surface area contributed by atoms with Crippen LogP contribution in [0.25, 0.3) is 10.9 Å². The Kier molecular flexibility index (Phi) is 4.17. The summed E-state index contributed by atoms with van der Waals surface area (Å²) in [5, 5.41) is 4.74. The number of aryl methyl sites for hydroxylation is 1. The number of benzene rings is 1. The summed E-state index contributed by atoms with van der Waals surface area (Å²) in [6.07, 6.45) is 4.10. The largest absolute Gasteiger partial charge is 0.381 e. The second-order valence-corrected chi connectivity index (χ2v) is 6.32. The third-order valence-corrected chi connectivity index (χ3v) is 4.58. The number of aromatic nitrogens is 3. The van der Waals surface area contributed by atoms with Gasteiger partial charge in [0.25, 0.3) is 0 Å². The van der Waals surface area contributed by atoms with Crippen molar-refractivity contribution in [2.24, 2.45) is 0 Å².